The third-order valence-electron chi connectivity index (χ3n) is 3.20. The van der Waals surface area contributed by atoms with Gasteiger partial charge in [-0.05, 0) is 19.1 Å². The maximum absolute atomic E-state index is 10.9. The van der Waals surface area contributed by atoms with Gasteiger partial charge in [-0.15, -0.1) is 0 Å². The van der Waals surface area contributed by atoms with E-state index in [9.17, 15) is 4.79 Å². The van der Waals surface area contributed by atoms with E-state index in [1.54, 1.807) is 0 Å². The van der Waals surface area contributed by atoms with E-state index in [0.717, 1.165) is 28.4 Å². The monoisotopic (exact) mass is 224 g/mol. The molecule has 0 aliphatic carbocycles. The Hall–Kier alpha value is -2.16. The highest BCUT2D eigenvalue weighted by Gasteiger charge is 2.11. The fraction of sp³-hybridized carbons (Fsp3) is 0.143. The van der Waals surface area contributed by atoms with E-state index in [0.29, 0.717) is 5.69 Å². The van der Waals surface area contributed by atoms with Gasteiger partial charge in [-0.2, -0.15) is 0 Å². The molecule has 2 aromatic heterocycles. The van der Waals surface area contributed by atoms with Crippen molar-refractivity contribution in [1.29, 1.82) is 0 Å². The van der Waals surface area contributed by atoms with Crippen molar-refractivity contribution in [2.75, 3.05) is 0 Å². The first-order valence-corrected chi connectivity index (χ1v) is 5.52. The molecule has 3 heteroatoms. The lowest BCUT2D eigenvalue weighted by atomic mass is 10.1. The molecule has 3 rings (SSSR count). The van der Waals surface area contributed by atoms with Crippen LogP contribution in [-0.2, 0) is 7.05 Å². The molecule has 3 aromatic rings. The Balaban J connectivity index is 2.62. The van der Waals surface area contributed by atoms with Crippen LogP contribution in [0.2, 0.25) is 0 Å². The van der Waals surface area contributed by atoms with Crippen LogP contribution >= 0.6 is 0 Å². The Morgan fingerprint density at radius 3 is 2.76 bits per heavy atom. The van der Waals surface area contributed by atoms with Crippen LogP contribution in [0.4, 0.5) is 0 Å². The molecular weight excluding hydrogens is 212 g/mol. The minimum absolute atomic E-state index is 0.492. The number of pyridine rings is 1. The number of fused-ring (bicyclic) bond motifs is 3. The summed E-state index contributed by atoms with van der Waals surface area (Å²) in [6.45, 7) is 1.94. The van der Waals surface area contributed by atoms with E-state index in [1.165, 1.54) is 5.39 Å². The molecule has 0 atom stereocenters. The normalized spacial score (nSPS) is 11.2. The Bertz CT molecular complexity index is 741. The van der Waals surface area contributed by atoms with Crippen molar-refractivity contribution in [3.8, 4) is 0 Å². The van der Waals surface area contributed by atoms with Crippen molar-refractivity contribution in [2.45, 2.75) is 6.92 Å². The number of hydrogen-bond acceptors (Lipinski definition) is 2. The molecule has 0 radical (unpaired) electrons. The van der Waals surface area contributed by atoms with Crippen molar-refractivity contribution in [3.05, 3.63) is 41.7 Å². The molecule has 0 spiro atoms. The molecule has 0 bridgehead atoms. The lowest BCUT2D eigenvalue weighted by molar-refractivity contribution is 0.111. The predicted molar refractivity (Wildman–Crippen MR) is 68.3 cm³/mol. The second kappa shape index (κ2) is 3.42. The number of nitrogens with zero attached hydrogens (tertiary/aromatic N) is 2. The van der Waals surface area contributed by atoms with Gasteiger partial charge in [-0.3, -0.25) is 4.79 Å². The molecule has 84 valence electrons. The summed E-state index contributed by atoms with van der Waals surface area (Å²) >= 11 is 0. The molecule has 0 amide bonds. The highest BCUT2D eigenvalue weighted by molar-refractivity contribution is 6.09. The standard InChI is InChI=1S/C14H12N2O/c1-9-14-12(7-10(8-17)15-9)11-5-3-4-6-13(11)16(14)2/h3-8H,1-2H3. The summed E-state index contributed by atoms with van der Waals surface area (Å²) in [5, 5.41) is 2.26. The zero-order valence-electron chi connectivity index (χ0n) is 9.77. The van der Waals surface area contributed by atoms with Crippen LogP contribution in [-0.4, -0.2) is 15.8 Å². The first kappa shape index (κ1) is 10.0. The van der Waals surface area contributed by atoms with Crippen molar-refractivity contribution >= 4 is 28.1 Å². The second-order valence-corrected chi connectivity index (χ2v) is 4.22. The van der Waals surface area contributed by atoms with Crippen LogP contribution in [0.3, 0.4) is 0 Å². The first-order chi connectivity index (χ1) is 8.22. The fourth-order valence-corrected chi connectivity index (χ4v) is 2.49. The third-order valence-corrected chi connectivity index (χ3v) is 3.20. The number of carbonyl (C=O) groups is 1. The van der Waals surface area contributed by atoms with Crippen LogP contribution in [0.15, 0.2) is 30.3 Å². The molecular formula is C14H12N2O. The van der Waals surface area contributed by atoms with E-state index >= 15 is 0 Å². The van der Waals surface area contributed by atoms with Crippen molar-refractivity contribution in [1.82, 2.24) is 9.55 Å². The van der Waals surface area contributed by atoms with Crippen LogP contribution < -0.4 is 0 Å². The van der Waals surface area contributed by atoms with Gasteiger partial charge >= 0.3 is 0 Å². The van der Waals surface area contributed by atoms with Gasteiger partial charge in [0, 0.05) is 23.3 Å². The summed E-state index contributed by atoms with van der Waals surface area (Å²) in [6, 6.07) is 10.0. The summed E-state index contributed by atoms with van der Waals surface area (Å²) in [6.07, 6.45) is 0.800. The molecule has 0 unspecified atom stereocenters. The van der Waals surface area contributed by atoms with E-state index in [2.05, 4.69) is 21.7 Å². The number of hydrogen-bond donors (Lipinski definition) is 0. The van der Waals surface area contributed by atoms with Crippen LogP contribution in [0, 0.1) is 6.92 Å². The maximum atomic E-state index is 10.9. The van der Waals surface area contributed by atoms with Crippen molar-refractivity contribution in [3.63, 3.8) is 0 Å². The van der Waals surface area contributed by atoms with Crippen molar-refractivity contribution < 1.29 is 4.79 Å². The molecule has 0 aliphatic heterocycles. The minimum atomic E-state index is 0.492. The van der Waals surface area contributed by atoms with Gasteiger partial charge in [0.05, 0.1) is 11.2 Å². The van der Waals surface area contributed by atoms with E-state index in [4.69, 9.17) is 0 Å². The fourth-order valence-electron chi connectivity index (χ4n) is 2.49. The summed E-state index contributed by atoms with van der Waals surface area (Å²) in [4.78, 5) is 15.2. The third kappa shape index (κ3) is 1.29. The average molecular weight is 224 g/mol. The van der Waals surface area contributed by atoms with Crippen LogP contribution in [0.5, 0.6) is 0 Å². The summed E-state index contributed by atoms with van der Waals surface area (Å²) in [7, 11) is 2.03. The zero-order valence-corrected chi connectivity index (χ0v) is 9.77. The molecule has 0 saturated carbocycles. The number of benzene rings is 1. The number of aldehydes is 1. The zero-order chi connectivity index (χ0) is 12.0. The second-order valence-electron chi connectivity index (χ2n) is 4.22. The minimum Gasteiger partial charge on any atom is -0.342 e. The number of para-hydroxylation sites is 1. The number of rotatable bonds is 1. The van der Waals surface area contributed by atoms with Gasteiger partial charge in [0.2, 0.25) is 0 Å². The molecule has 0 fully saturated rings. The molecule has 0 N–H and O–H groups in total. The van der Waals surface area contributed by atoms with Crippen LogP contribution in [0.25, 0.3) is 21.8 Å². The topological polar surface area (TPSA) is 34.9 Å². The molecule has 2 heterocycles. The molecule has 0 saturated heterocycles. The van der Waals surface area contributed by atoms with Gasteiger partial charge < -0.3 is 4.57 Å². The Morgan fingerprint density at radius 2 is 2.00 bits per heavy atom. The average Bonchev–Trinajstić information content (AvgIpc) is 2.64. The van der Waals surface area contributed by atoms with Crippen molar-refractivity contribution in [2.24, 2.45) is 7.05 Å². The summed E-state index contributed by atoms with van der Waals surface area (Å²) in [5.74, 6) is 0. The highest BCUT2D eigenvalue weighted by atomic mass is 16.1. The Labute approximate surface area is 98.7 Å². The smallest absolute Gasteiger partial charge is 0.168 e. The van der Waals surface area contributed by atoms with Gasteiger partial charge in [0.1, 0.15) is 5.69 Å². The summed E-state index contributed by atoms with van der Waals surface area (Å²) in [5.41, 5.74) is 3.64. The lowest BCUT2D eigenvalue weighted by Gasteiger charge is -2.01. The van der Waals surface area contributed by atoms with E-state index in [-0.39, 0.29) is 0 Å². The molecule has 1 aromatic carbocycles. The predicted octanol–water partition coefficient (Wildman–Crippen LogP) is 2.85. The summed E-state index contributed by atoms with van der Waals surface area (Å²) < 4.78 is 2.13. The van der Waals surface area contributed by atoms with Gasteiger partial charge in [-0.25, -0.2) is 4.98 Å². The largest absolute Gasteiger partial charge is 0.342 e. The van der Waals surface area contributed by atoms with Crippen LogP contribution in [0.1, 0.15) is 16.2 Å². The maximum Gasteiger partial charge on any atom is 0.168 e. The Kier molecular flexibility index (Phi) is 2.01. The lowest BCUT2D eigenvalue weighted by Crippen LogP contribution is -1.94. The number of aryl methyl sites for hydroxylation is 2. The number of carbonyl (C=O) groups excluding carboxylic acids is 1. The Morgan fingerprint density at radius 1 is 1.24 bits per heavy atom. The quantitative estimate of drug-likeness (QED) is 0.596. The molecule has 3 nitrogen and oxygen atoms in total. The van der Waals surface area contributed by atoms with E-state index in [1.807, 2.05) is 32.2 Å². The molecule has 0 aliphatic rings. The van der Waals surface area contributed by atoms with Gasteiger partial charge in [0.25, 0.3) is 0 Å². The first-order valence-electron chi connectivity index (χ1n) is 5.52. The highest BCUT2D eigenvalue weighted by Crippen LogP contribution is 2.29. The SMILES string of the molecule is Cc1nc(C=O)cc2c3ccccc3n(C)c12. The van der Waals surface area contributed by atoms with Gasteiger partial charge in [0.15, 0.2) is 6.29 Å². The van der Waals surface area contributed by atoms with E-state index < -0.39 is 0 Å². The molecule has 17 heavy (non-hydrogen) atoms. The van der Waals surface area contributed by atoms with Gasteiger partial charge in [-0.1, -0.05) is 18.2 Å². The number of aromatic nitrogens is 2.